The largest absolute Gasteiger partial charge is 0.452 e. The average molecular weight is 427 g/mol. The lowest BCUT2D eigenvalue weighted by molar-refractivity contribution is -0.125. The van der Waals surface area contributed by atoms with Crippen molar-refractivity contribution in [2.24, 2.45) is 0 Å². The van der Waals surface area contributed by atoms with Crippen molar-refractivity contribution in [2.45, 2.75) is 12.5 Å². The molecule has 0 saturated carbocycles. The number of benzene rings is 3. The Labute approximate surface area is 184 Å². The van der Waals surface area contributed by atoms with Gasteiger partial charge in [0.05, 0.1) is 17.3 Å². The zero-order valence-corrected chi connectivity index (χ0v) is 17.2. The summed E-state index contributed by atoms with van der Waals surface area (Å²) in [7, 11) is 0. The van der Waals surface area contributed by atoms with Crippen LogP contribution in [0.5, 0.6) is 0 Å². The van der Waals surface area contributed by atoms with Gasteiger partial charge in [0.25, 0.3) is 5.91 Å². The first-order valence-corrected chi connectivity index (χ1v) is 10.1. The van der Waals surface area contributed by atoms with Crippen molar-refractivity contribution in [3.05, 3.63) is 108 Å². The number of hydrogen-bond donors (Lipinski definition) is 1. The molecule has 1 amide bonds. The highest BCUT2D eigenvalue weighted by molar-refractivity contribution is 5.91. The zero-order chi connectivity index (χ0) is 22.2. The van der Waals surface area contributed by atoms with Gasteiger partial charge in [0.15, 0.2) is 6.61 Å². The smallest absolute Gasteiger partial charge is 0.338 e. The lowest BCUT2D eigenvalue weighted by Gasteiger charge is -2.19. The van der Waals surface area contributed by atoms with Crippen molar-refractivity contribution >= 4 is 11.9 Å². The van der Waals surface area contributed by atoms with Crippen molar-refractivity contribution < 1.29 is 14.3 Å². The van der Waals surface area contributed by atoms with E-state index in [1.165, 1.54) is 11.0 Å². The third kappa shape index (κ3) is 5.42. The third-order valence-electron chi connectivity index (χ3n) is 4.85. The van der Waals surface area contributed by atoms with Crippen LogP contribution >= 0.6 is 0 Å². The van der Waals surface area contributed by atoms with Gasteiger partial charge in [0.1, 0.15) is 6.33 Å². The second-order valence-corrected chi connectivity index (χ2v) is 7.10. The maximum absolute atomic E-state index is 12.6. The van der Waals surface area contributed by atoms with Gasteiger partial charge < -0.3 is 10.1 Å². The molecule has 1 aromatic heterocycles. The zero-order valence-electron chi connectivity index (χ0n) is 17.2. The molecule has 3 aromatic carbocycles. The van der Waals surface area contributed by atoms with E-state index in [1.807, 2.05) is 60.7 Å². The molecule has 0 aliphatic heterocycles. The Morgan fingerprint density at radius 2 is 1.69 bits per heavy atom. The Morgan fingerprint density at radius 1 is 0.938 bits per heavy atom. The second-order valence-electron chi connectivity index (χ2n) is 7.10. The Hall–Kier alpha value is -4.33. The first-order chi connectivity index (χ1) is 15.7. The van der Waals surface area contributed by atoms with Crippen LogP contribution in [-0.2, 0) is 16.0 Å². The van der Waals surface area contributed by atoms with Crippen molar-refractivity contribution in [2.75, 3.05) is 6.61 Å². The topological polar surface area (TPSA) is 99.0 Å². The lowest BCUT2D eigenvalue weighted by Crippen LogP contribution is -2.33. The lowest BCUT2D eigenvalue weighted by atomic mass is 9.99. The van der Waals surface area contributed by atoms with E-state index in [9.17, 15) is 9.59 Å². The molecule has 160 valence electrons. The molecular weight excluding hydrogens is 406 g/mol. The summed E-state index contributed by atoms with van der Waals surface area (Å²) < 4.78 is 6.67. The maximum Gasteiger partial charge on any atom is 0.338 e. The van der Waals surface area contributed by atoms with E-state index in [0.717, 1.165) is 11.1 Å². The molecule has 0 fully saturated rings. The van der Waals surface area contributed by atoms with Crippen LogP contribution in [0.25, 0.3) is 5.69 Å². The van der Waals surface area contributed by atoms with E-state index in [2.05, 4.69) is 20.8 Å². The molecule has 0 radical (unpaired) electrons. The molecule has 4 rings (SSSR count). The average Bonchev–Trinajstić information content (AvgIpc) is 3.39. The molecule has 0 aliphatic rings. The number of carbonyl (C=O) groups excluding carboxylic acids is 2. The molecule has 8 heteroatoms. The Balaban J connectivity index is 1.39. The number of rotatable bonds is 8. The predicted octanol–water partition coefficient (Wildman–Crippen LogP) is 2.92. The van der Waals surface area contributed by atoms with Gasteiger partial charge >= 0.3 is 5.97 Å². The Kier molecular flexibility index (Phi) is 6.62. The number of aromatic nitrogens is 4. The fourth-order valence-corrected chi connectivity index (χ4v) is 3.29. The normalized spacial score (nSPS) is 11.5. The number of nitrogens with zero attached hydrogens (tertiary/aromatic N) is 4. The van der Waals surface area contributed by atoms with E-state index in [-0.39, 0.29) is 18.6 Å². The maximum atomic E-state index is 12.6. The quantitative estimate of drug-likeness (QED) is 0.434. The molecule has 32 heavy (non-hydrogen) atoms. The van der Waals surface area contributed by atoms with Crippen LogP contribution in [0.15, 0.2) is 91.3 Å². The summed E-state index contributed by atoms with van der Waals surface area (Å²) in [6, 6.07) is 26.0. The van der Waals surface area contributed by atoms with Crippen LogP contribution in [0.1, 0.15) is 27.5 Å². The van der Waals surface area contributed by atoms with E-state index in [1.54, 1.807) is 24.3 Å². The fourth-order valence-electron chi connectivity index (χ4n) is 3.29. The summed E-state index contributed by atoms with van der Waals surface area (Å²) >= 11 is 0. The van der Waals surface area contributed by atoms with Gasteiger partial charge in [-0.15, -0.1) is 5.10 Å². The van der Waals surface area contributed by atoms with Crippen LogP contribution in [0.4, 0.5) is 0 Å². The Morgan fingerprint density at radius 3 is 2.41 bits per heavy atom. The van der Waals surface area contributed by atoms with Crippen molar-refractivity contribution in [1.82, 2.24) is 25.5 Å². The molecule has 8 nitrogen and oxygen atoms in total. The molecule has 1 heterocycles. The van der Waals surface area contributed by atoms with Gasteiger partial charge in [-0.3, -0.25) is 4.79 Å². The third-order valence-corrected chi connectivity index (χ3v) is 4.85. The van der Waals surface area contributed by atoms with Crippen LogP contribution in [0.2, 0.25) is 0 Å². The first-order valence-electron chi connectivity index (χ1n) is 10.1. The summed E-state index contributed by atoms with van der Waals surface area (Å²) in [4.78, 5) is 25.0. The second kappa shape index (κ2) is 10.1. The monoisotopic (exact) mass is 427 g/mol. The number of esters is 1. The van der Waals surface area contributed by atoms with Gasteiger partial charge in [-0.05, 0) is 46.2 Å². The number of carbonyl (C=O) groups is 2. The van der Waals surface area contributed by atoms with Crippen LogP contribution in [-0.4, -0.2) is 38.7 Å². The molecule has 0 spiro atoms. The number of hydrogen-bond acceptors (Lipinski definition) is 6. The molecule has 1 N–H and O–H groups in total. The van der Waals surface area contributed by atoms with E-state index < -0.39 is 5.97 Å². The fraction of sp³-hybridized carbons (Fsp3) is 0.125. The Bertz CT molecular complexity index is 1160. The van der Waals surface area contributed by atoms with Gasteiger partial charge in [-0.1, -0.05) is 66.7 Å². The first kappa shape index (κ1) is 20.9. The van der Waals surface area contributed by atoms with E-state index in [4.69, 9.17) is 4.74 Å². The predicted molar refractivity (Wildman–Crippen MR) is 117 cm³/mol. The standard InChI is InChI=1S/C24H21N5O3/c30-23(16-32-24(31)20-12-7-13-21(15-20)29-17-25-27-28-29)26-22(19-10-5-2-6-11-19)14-18-8-3-1-4-9-18/h1-13,15,17,22H,14,16H2,(H,26,30). The van der Waals surface area contributed by atoms with Crippen molar-refractivity contribution in [1.29, 1.82) is 0 Å². The molecule has 0 aliphatic carbocycles. The molecule has 4 aromatic rings. The van der Waals surface area contributed by atoms with Crippen molar-refractivity contribution in [3.8, 4) is 5.69 Å². The number of nitrogens with one attached hydrogen (secondary N) is 1. The minimum atomic E-state index is -0.602. The molecular formula is C24H21N5O3. The van der Waals surface area contributed by atoms with Gasteiger partial charge in [-0.25, -0.2) is 9.48 Å². The summed E-state index contributed by atoms with van der Waals surface area (Å²) in [5.74, 6) is -0.978. The minimum absolute atomic E-state index is 0.243. The minimum Gasteiger partial charge on any atom is -0.452 e. The summed E-state index contributed by atoms with van der Waals surface area (Å²) in [5, 5.41) is 13.9. The number of amides is 1. The van der Waals surface area contributed by atoms with Crippen LogP contribution in [0, 0.1) is 0 Å². The van der Waals surface area contributed by atoms with Gasteiger partial charge in [0.2, 0.25) is 0 Å². The SMILES string of the molecule is O=C(COC(=O)c1cccc(-n2cnnn2)c1)NC(Cc1ccccc1)c1ccccc1. The van der Waals surface area contributed by atoms with E-state index >= 15 is 0 Å². The van der Waals surface area contributed by atoms with Gasteiger partial charge in [-0.2, -0.15) is 0 Å². The number of ether oxygens (including phenoxy) is 1. The summed E-state index contributed by atoms with van der Waals surface area (Å²) in [6.45, 7) is -0.383. The summed E-state index contributed by atoms with van der Waals surface area (Å²) in [6.07, 6.45) is 2.05. The molecule has 1 atom stereocenters. The highest BCUT2D eigenvalue weighted by Crippen LogP contribution is 2.18. The van der Waals surface area contributed by atoms with Crippen LogP contribution < -0.4 is 5.32 Å². The molecule has 1 unspecified atom stereocenters. The number of tetrazole rings is 1. The summed E-state index contributed by atoms with van der Waals surface area (Å²) in [5.41, 5.74) is 2.99. The van der Waals surface area contributed by atoms with Crippen LogP contribution in [0.3, 0.4) is 0 Å². The van der Waals surface area contributed by atoms with E-state index in [0.29, 0.717) is 17.7 Å². The highest BCUT2D eigenvalue weighted by atomic mass is 16.5. The molecule has 0 saturated heterocycles. The van der Waals surface area contributed by atoms with Gasteiger partial charge in [0, 0.05) is 0 Å². The van der Waals surface area contributed by atoms with Crippen molar-refractivity contribution in [3.63, 3.8) is 0 Å². The highest BCUT2D eigenvalue weighted by Gasteiger charge is 2.17. The molecule has 0 bridgehead atoms.